The van der Waals surface area contributed by atoms with Crippen molar-refractivity contribution in [1.82, 2.24) is 10.2 Å². The van der Waals surface area contributed by atoms with E-state index >= 15 is 0 Å². The van der Waals surface area contributed by atoms with Crippen LogP contribution in [0.2, 0.25) is 0 Å². The van der Waals surface area contributed by atoms with Crippen molar-refractivity contribution < 1.29 is 24.4 Å². The monoisotopic (exact) mass is 430 g/mol. The molecule has 1 atom stereocenters. The molecule has 0 unspecified atom stereocenters. The maximum absolute atomic E-state index is 10.3. The minimum atomic E-state index is -0.595. The molecule has 0 spiro atoms. The Morgan fingerprint density at radius 1 is 1.00 bits per heavy atom. The smallest absolute Gasteiger partial charge is 0.161 e. The summed E-state index contributed by atoms with van der Waals surface area (Å²) in [5.41, 5.74) is 2.18. The van der Waals surface area contributed by atoms with Crippen molar-refractivity contribution in [3.05, 3.63) is 53.6 Å². The Morgan fingerprint density at radius 2 is 1.74 bits per heavy atom. The Bertz CT molecular complexity index is 808. The first-order valence-corrected chi connectivity index (χ1v) is 10.8. The van der Waals surface area contributed by atoms with Crippen LogP contribution < -0.4 is 19.5 Å². The van der Waals surface area contributed by atoms with Crippen LogP contribution in [0.5, 0.6) is 17.2 Å². The molecule has 2 aromatic rings. The minimum Gasteiger partial charge on any atom is -0.496 e. The number of rotatable bonds is 11. The highest BCUT2D eigenvalue weighted by Crippen LogP contribution is 2.28. The van der Waals surface area contributed by atoms with Gasteiger partial charge in [0.1, 0.15) is 18.5 Å². The van der Waals surface area contributed by atoms with Gasteiger partial charge in [-0.25, -0.2) is 0 Å². The summed E-state index contributed by atoms with van der Waals surface area (Å²) in [6, 6.07) is 13.8. The highest BCUT2D eigenvalue weighted by molar-refractivity contribution is 5.43. The van der Waals surface area contributed by atoms with E-state index in [9.17, 15) is 10.2 Å². The second-order valence-corrected chi connectivity index (χ2v) is 7.90. The quantitative estimate of drug-likeness (QED) is 0.504. The van der Waals surface area contributed by atoms with E-state index in [4.69, 9.17) is 14.2 Å². The van der Waals surface area contributed by atoms with Gasteiger partial charge in [-0.1, -0.05) is 24.3 Å². The predicted octanol–water partition coefficient (Wildman–Crippen LogP) is 2.19. The van der Waals surface area contributed by atoms with Gasteiger partial charge in [0.15, 0.2) is 11.5 Å². The Balaban J connectivity index is 1.47. The van der Waals surface area contributed by atoms with Crippen LogP contribution in [0.15, 0.2) is 42.5 Å². The fourth-order valence-electron chi connectivity index (χ4n) is 3.77. The zero-order chi connectivity index (χ0) is 22.1. The SMILES string of the molecule is COc1ccccc1CNCc1ccc(OC[C@@H](O)CN2CCC(O)CC2)c(OC)c1. The second-order valence-electron chi connectivity index (χ2n) is 7.90. The average molecular weight is 431 g/mol. The number of likely N-dealkylation sites (tertiary alicyclic amines) is 1. The van der Waals surface area contributed by atoms with Crippen LogP contribution in [0.25, 0.3) is 0 Å². The number of ether oxygens (including phenoxy) is 3. The Labute approximate surface area is 184 Å². The van der Waals surface area contributed by atoms with Gasteiger partial charge in [-0.15, -0.1) is 0 Å². The predicted molar refractivity (Wildman–Crippen MR) is 120 cm³/mol. The Hall–Kier alpha value is -2.32. The van der Waals surface area contributed by atoms with Crippen molar-refractivity contribution in [1.29, 1.82) is 0 Å². The maximum atomic E-state index is 10.3. The molecule has 1 aliphatic heterocycles. The van der Waals surface area contributed by atoms with Gasteiger partial charge in [0.05, 0.1) is 20.3 Å². The van der Waals surface area contributed by atoms with Crippen LogP contribution in [-0.4, -0.2) is 67.8 Å². The van der Waals surface area contributed by atoms with E-state index in [2.05, 4.69) is 10.2 Å². The van der Waals surface area contributed by atoms with E-state index < -0.39 is 6.10 Å². The van der Waals surface area contributed by atoms with Crippen LogP contribution in [0.3, 0.4) is 0 Å². The Kier molecular flexibility index (Phi) is 8.97. The topological polar surface area (TPSA) is 83.4 Å². The van der Waals surface area contributed by atoms with Gasteiger partial charge in [0, 0.05) is 38.3 Å². The fraction of sp³-hybridized carbons (Fsp3) is 0.500. The molecule has 3 rings (SSSR count). The highest BCUT2D eigenvalue weighted by atomic mass is 16.5. The molecular formula is C24H34N2O5. The van der Waals surface area contributed by atoms with E-state index in [1.54, 1.807) is 14.2 Å². The molecular weight excluding hydrogens is 396 g/mol. The molecule has 7 heteroatoms. The molecule has 0 radical (unpaired) electrons. The van der Waals surface area contributed by atoms with Crippen LogP contribution in [-0.2, 0) is 13.1 Å². The standard InChI is InChI=1S/C24H34N2O5/c1-29-22-6-4-3-5-19(22)15-25-14-18-7-8-23(24(13-18)30-2)31-17-21(28)16-26-11-9-20(27)10-12-26/h3-8,13,20-21,25,27-28H,9-12,14-17H2,1-2H3/t21-/m0/s1. The number of hydrogen-bond donors (Lipinski definition) is 3. The molecule has 170 valence electrons. The maximum Gasteiger partial charge on any atom is 0.161 e. The highest BCUT2D eigenvalue weighted by Gasteiger charge is 2.20. The lowest BCUT2D eigenvalue weighted by atomic mass is 10.1. The number of β-amino-alcohol motifs (C(OH)–C–C–N with tert-alkyl or cyclic N) is 1. The lowest BCUT2D eigenvalue weighted by Crippen LogP contribution is -2.41. The first-order chi connectivity index (χ1) is 15.1. The number of piperidine rings is 1. The summed E-state index contributed by atoms with van der Waals surface area (Å²) in [5.74, 6) is 2.13. The van der Waals surface area contributed by atoms with E-state index in [1.807, 2.05) is 42.5 Å². The van der Waals surface area contributed by atoms with Crippen LogP contribution in [0.4, 0.5) is 0 Å². The van der Waals surface area contributed by atoms with Gasteiger partial charge in [-0.05, 0) is 36.6 Å². The number of aliphatic hydroxyl groups excluding tert-OH is 2. The van der Waals surface area contributed by atoms with Gasteiger partial charge >= 0.3 is 0 Å². The number of aliphatic hydroxyl groups is 2. The summed E-state index contributed by atoms with van der Waals surface area (Å²) >= 11 is 0. The van der Waals surface area contributed by atoms with Crippen molar-refractivity contribution in [3.8, 4) is 17.2 Å². The average Bonchev–Trinajstić information content (AvgIpc) is 2.80. The summed E-state index contributed by atoms with van der Waals surface area (Å²) < 4.78 is 16.7. The lowest BCUT2D eigenvalue weighted by Gasteiger charge is -2.30. The molecule has 1 fully saturated rings. The minimum absolute atomic E-state index is 0.195. The van der Waals surface area contributed by atoms with Crippen molar-refractivity contribution in [2.24, 2.45) is 0 Å². The first-order valence-electron chi connectivity index (χ1n) is 10.8. The van der Waals surface area contributed by atoms with Crippen molar-refractivity contribution >= 4 is 0 Å². The molecule has 1 heterocycles. The molecule has 1 aliphatic rings. The number of hydrogen-bond acceptors (Lipinski definition) is 7. The molecule has 0 saturated carbocycles. The number of benzene rings is 2. The molecule has 2 aromatic carbocycles. The zero-order valence-electron chi connectivity index (χ0n) is 18.4. The molecule has 0 amide bonds. The number of para-hydroxylation sites is 1. The van der Waals surface area contributed by atoms with Crippen molar-refractivity contribution in [2.45, 2.75) is 38.1 Å². The molecule has 7 nitrogen and oxygen atoms in total. The van der Waals surface area contributed by atoms with Crippen LogP contribution in [0, 0.1) is 0 Å². The van der Waals surface area contributed by atoms with Gasteiger partial charge in [-0.3, -0.25) is 0 Å². The summed E-state index contributed by atoms with van der Waals surface area (Å²) in [5, 5.41) is 23.3. The fourth-order valence-corrected chi connectivity index (χ4v) is 3.77. The normalized spacial score (nSPS) is 16.1. The number of methoxy groups -OCH3 is 2. The third-order valence-electron chi connectivity index (χ3n) is 5.52. The van der Waals surface area contributed by atoms with Crippen molar-refractivity contribution in [2.75, 3.05) is 40.5 Å². The summed E-state index contributed by atoms with van der Waals surface area (Å²) in [4.78, 5) is 2.16. The van der Waals surface area contributed by atoms with Gasteiger partial charge in [-0.2, -0.15) is 0 Å². The molecule has 0 aromatic heterocycles. The molecule has 0 bridgehead atoms. The van der Waals surface area contributed by atoms with E-state index in [-0.39, 0.29) is 12.7 Å². The van der Waals surface area contributed by atoms with E-state index in [0.29, 0.717) is 31.1 Å². The van der Waals surface area contributed by atoms with Gasteiger partial charge in [0.25, 0.3) is 0 Å². The molecule has 31 heavy (non-hydrogen) atoms. The second kappa shape index (κ2) is 11.9. The summed E-state index contributed by atoms with van der Waals surface area (Å²) in [6.07, 6.45) is 0.709. The van der Waals surface area contributed by atoms with Crippen molar-refractivity contribution in [3.63, 3.8) is 0 Å². The number of nitrogens with zero attached hydrogens (tertiary/aromatic N) is 1. The number of nitrogens with one attached hydrogen (secondary N) is 1. The zero-order valence-corrected chi connectivity index (χ0v) is 18.4. The summed E-state index contributed by atoms with van der Waals surface area (Å²) in [6.45, 7) is 3.72. The van der Waals surface area contributed by atoms with Crippen LogP contribution >= 0.6 is 0 Å². The van der Waals surface area contributed by atoms with E-state index in [1.165, 1.54) is 0 Å². The van der Waals surface area contributed by atoms with Gasteiger partial charge < -0.3 is 34.6 Å². The molecule has 0 aliphatic carbocycles. The first kappa shape index (κ1) is 23.3. The molecule has 3 N–H and O–H groups in total. The largest absolute Gasteiger partial charge is 0.496 e. The molecule has 1 saturated heterocycles. The van der Waals surface area contributed by atoms with Crippen LogP contribution in [0.1, 0.15) is 24.0 Å². The Morgan fingerprint density at radius 3 is 2.48 bits per heavy atom. The lowest BCUT2D eigenvalue weighted by molar-refractivity contribution is 0.0333. The third-order valence-corrected chi connectivity index (χ3v) is 5.52. The van der Waals surface area contributed by atoms with E-state index in [0.717, 1.165) is 42.8 Å². The third kappa shape index (κ3) is 7.11. The van der Waals surface area contributed by atoms with Gasteiger partial charge in [0.2, 0.25) is 0 Å². The summed E-state index contributed by atoms with van der Waals surface area (Å²) in [7, 11) is 3.29.